The molecule has 10 heteroatoms. The molecule has 2 saturated heterocycles. The predicted octanol–water partition coefficient (Wildman–Crippen LogP) is 4.39. The molecule has 1 atom stereocenters. The highest BCUT2D eigenvalue weighted by atomic mass is 32.1. The van der Waals surface area contributed by atoms with Crippen LogP contribution in [-0.2, 0) is 11.0 Å². The first-order valence-corrected chi connectivity index (χ1v) is 12.2. The molecule has 2 aromatic carbocycles. The second-order valence-electron chi connectivity index (χ2n) is 8.62. The Hall–Kier alpha value is -3.24. The third kappa shape index (κ3) is 4.81. The molecule has 0 bridgehead atoms. The highest BCUT2D eigenvalue weighted by Gasteiger charge is 2.37. The topological polar surface area (TPSA) is 56.8 Å². The summed E-state index contributed by atoms with van der Waals surface area (Å²) in [6.07, 6.45) is -2.45. The normalized spacial score (nSPS) is 19.4. The quantitative estimate of drug-likeness (QED) is 0.533. The molecule has 0 aliphatic carbocycles. The van der Waals surface area contributed by atoms with Gasteiger partial charge in [0.25, 0.3) is 5.91 Å². The van der Waals surface area contributed by atoms with E-state index in [0.29, 0.717) is 55.4 Å². The van der Waals surface area contributed by atoms with Gasteiger partial charge in [-0.2, -0.15) is 13.2 Å². The molecule has 2 amide bonds. The van der Waals surface area contributed by atoms with Crippen LogP contribution in [0, 0.1) is 0 Å². The zero-order valence-electron chi connectivity index (χ0n) is 18.7. The summed E-state index contributed by atoms with van der Waals surface area (Å²) in [4.78, 5) is 35.1. The van der Waals surface area contributed by atoms with Crippen molar-refractivity contribution in [3.05, 3.63) is 70.7 Å². The first kappa shape index (κ1) is 23.5. The second-order valence-corrected chi connectivity index (χ2v) is 9.51. The van der Waals surface area contributed by atoms with Gasteiger partial charge in [-0.1, -0.05) is 30.3 Å². The van der Waals surface area contributed by atoms with Crippen molar-refractivity contribution in [2.45, 2.75) is 18.6 Å². The molecule has 0 spiro atoms. The Morgan fingerprint density at radius 1 is 1.00 bits per heavy atom. The van der Waals surface area contributed by atoms with Crippen molar-refractivity contribution in [2.75, 3.05) is 37.6 Å². The van der Waals surface area contributed by atoms with E-state index in [2.05, 4.69) is 9.88 Å². The average molecular weight is 501 g/mol. The van der Waals surface area contributed by atoms with Crippen molar-refractivity contribution in [3.8, 4) is 11.1 Å². The number of nitrogens with zero attached hydrogens (tertiary/aromatic N) is 4. The second kappa shape index (κ2) is 9.43. The summed E-state index contributed by atoms with van der Waals surface area (Å²) < 4.78 is 40.2. The lowest BCUT2D eigenvalue weighted by Gasteiger charge is -2.37. The van der Waals surface area contributed by atoms with E-state index in [1.54, 1.807) is 51.7 Å². The summed E-state index contributed by atoms with van der Waals surface area (Å²) in [5.74, 6) is -0.0734. The van der Waals surface area contributed by atoms with E-state index in [9.17, 15) is 22.8 Å². The van der Waals surface area contributed by atoms with E-state index in [-0.39, 0.29) is 23.4 Å². The number of hydrogen-bond donors (Lipinski definition) is 0. The number of anilines is 1. The Bertz CT molecular complexity index is 1210. The number of aromatic nitrogens is 1. The highest BCUT2D eigenvalue weighted by Crippen LogP contribution is 2.37. The third-order valence-electron chi connectivity index (χ3n) is 6.56. The molecule has 2 fully saturated rings. The summed E-state index contributed by atoms with van der Waals surface area (Å²) in [6.45, 7) is 3.02. The smallest absolute Gasteiger partial charge is 0.334 e. The monoisotopic (exact) mass is 500 g/mol. The fourth-order valence-electron chi connectivity index (χ4n) is 4.74. The minimum absolute atomic E-state index is 0.0141. The number of carbonyl (C=O) groups excluding carboxylic acids is 2. The molecule has 6 nitrogen and oxygen atoms in total. The van der Waals surface area contributed by atoms with Crippen molar-refractivity contribution in [2.24, 2.45) is 0 Å². The Morgan fingerprint density at radius 3 is 2.37 bits per heavy atom. The van der Waals surface area contributed by atoms with Crippen LogP contribution in [0.15, 0.2) is 60.1 Å². The highest BCUT2D eigenvalue weighted by molar-refractivity contribution is 7.11. The van der Waals surface area contributed by atoms with Gasteiger partial charge in [0.05, 0.1) is 5.56 Å². The van der Waals surface area contributed by atoms with Crippen LogP contribution in [0.3, 0.4) is 0 Å². The van der Waals surface area contributed by atoms with Gasteiger partial charge in [0.15, 0.2) is 5.01 Å². The van der Waals surface area contributed by atoms with Crippen LogP contribution in [0.5, 0.6) is 0 Å². The molecule has 3 aromatic rings. The first-order valence-electron chi connectivity index (χ1n) is 11.3. The molecule has 35 heavy (non-hydrogen) atoms. The SMILES string of the molecule is O=C(c1nccs1)N1CCN(C2CC(=O)N(c3ccc(-c4ccccc4C(F)(F)F)cc3)C2)CC1. The van der Waals surface area contributed by atoms with E-state index in [1.165, 1.54) is 23.5 Å². The number of benzene rings is 2. The minimum atomic E-state index is -4.44. The van der Waals surface area contributed by atoms with Crippen LogP contribution in [0.4, 0.5) is 18.9 Å². The van der Waals surface area contributed by atoms with Gasteiger partial charge in [-0.05, 0) is 29.3 Å². The molecule has 2 aliphatic rings. The zero-order valence-corrected chi connectivity index (χ0v) is 19.6. The van der Waals surface area contributed by atoms with Gasteiger partial charge in [0.1, 0.15) is 0 Å². The summed E-state index contributed by atoms with van der Waals surface area (Å²) >= 11 is 1.33. The number of carbonyl (C=O) groups is 2. The number of thiazole rings is 1. The van der Waals surface area contributed by atoms with E-state index >= 15 is 0 Å². The Kier molecular flexibility index (Phi) is 6.33. The molecule has 0 saturated carbocycles. The van der Waals surface area contributed by atoms with Crippen LogP contribution in [0.2, 0.25) is 0 Å². The van der Waals surface area contributed by atoms with Crippen LogP contribution >= 0.6 is 11.3 Å². The van der Waals surface area contributed by atoms with E-state index in [1.807, 2.05) is 0 Å². The first-order chi connectivity index (χ1) is 16.8. The predicted molar refractivity (Wildman–Crippen MR) is 127 cm³/mol. The van der Waals surface area contributed by atoms with Gasteiger partial charge in [-0.25, -0.2) is 4.98 Å². The van der Waals surface area contributed by atoms with E-state index in [4.69, 9.17) is 0 Å². The van der Waals surface area contributed by atoms with Gasteiger partial charge in [0.2, 0.25) is 5.91 Å². The standard InChI is InChI=1S/C25H23F3N4O2S/c26-25(27,28)21-4-2-1-3-20(21)17-5-7-18(8-6-17)32-16-19(15-22(32)33)30-10-12-31(13-11-30)24(34)23-29-9-14-35-23/h1-9,14,19H,10-13,15-16H2. The number of halogens is 3. The lowest BCUT2D eigenvalue weighted by atomic mass is 9.99. The summed E-state index contributed by atoms with van der Waals surface area (Å²) in [5.41, 5.74) is 0.550. The lowest BCUT2D eigenvalue weighted by Crippen LogP contribution is -2.52. The van der Waals surface area contributed by atoms with Crippen LogP contribution in [0.25, 0.3) is 11.1 Å². The van der Waals surface area contributed by atoms with Gasteiger partial charge in [0, 0.05) is 62.5 Å². The number of amides is 2. The minimum Gasteiger partial charge on any atom is -0.334 e. The summed E-state index contributed by atoms with van der Waals surface area (Å²) in [7, 11) is 0. The fraction of sp³-hybridized carbons (Fsp3) is 0.320. The number of alkyl halides is 3. The largest absolute Gasteiger partial charge is 0.417 e. The molecule has 0 radical (unpaired) electrons. The average Bonchev–Trinajstić information content (AvgIpc) is 3.54. The van der Waals surface area contributed by atoms with Crippen molar-refractivity contribution in [1.29, 1.82) is 0 Å². The molecule has 5 rings (SSSR count). The van der Waals surface area contributed by atoms with Gasteiger partial charge < -0.3 is 9.80 Å². The number of rotatable bonds is 4. The van der Waals surface area contributed by atoms with Crippen molar-refractivity contribution in [1.82, 2.24) is 14.8 Å². The molecular weight excluding hydrogens is 477 g/mol. The summed E-state index contributed by atoms with van der Waals surface area (Å²) in [6, 6.07) is 12.2. The van der Waals surface area contributed by atoms with Crippen molar-refractivity contribution in [3.63, 3.8) is 0 Å². The Labute approximate surface area is 204 Å². The molecule has 182 valence electrons. The Morgan fingerprint density at radius 2 is 1.71 bits per heavy atom. The van der Waals surface area contributed by atoms with Gasteiger partial charge in [-0.15, -0.1) is 11.3 Å². The molecule has 3 heterocycles. The molecule has 1 aromatic heterocycles. The maximum absolute atomic E-state index is 13.4. The zero-order chi connectivity index (χ0) is 24.6. The summed E-state index contributed by atoms with van der Waals surface area (Å²) in [5, 5.41) is 2.27. The third-order valence-corrected chi connectivity index (χ3v) is 7.32. The van der Waals surface area contributed by atoms with Crippen LogP contribution in [0.1, 0.15) is 21.8 Å². The lowest BCUT2D eigenvalue weighted by molar-refractivity contribution is -0.137. The number of hydrogen-bond acceptors (Lipinski definition) is 5. The van der Waals surface area contributed by atoms with E-state index < -0.39 is 11.7 Å². The van der Waals surface area contributed by atoms with Gasteiger partial charge in [-0.3, -0.25) is 14.5 Å². The van der Waals surface area contributed by atoms with E-state index in [0.717, 1.165) is 6.07 Å². The molecule has 1 unspecified atom stereocenters. The van der Waals surface area contributed by atoms with Crippen LogP contribution < -0.4 is 4.90 Å². The molecule has 0 N–H and O–H groups in total. The maximum atomic E-state index is 13.4. The maximum Gasteiger partial charge on any atom is 0.417 e. The Balaban J connectivity index is 1.24. The van der Waals surface area contributed by atoms with Gasteiger partial charge >= 0.3 is 6.18 Å². The number of piperazine rings is 1. The fourth-order valence-corrected chi connectivity index (χ4v) is 5.34. The molecular formula is C25H23F3N4O2S. The van der Waals surface area contributed by atoms with Crippen LogP contribution in [-0.4, -0.2) is 65.4 Å². The van der Waals surface area contributed by atoms with Crippen molar-refractivity contribution < 1.29 is 22.8 Å². The molecule has 2 aliphatic heterocycles. The van der Waals surface area contributed by atoms with Crippen molar-refractivity contribution >= 4 is 28.8 Å².